The van der Waals surface area contributed by atoms with E-state index in [2.05, 4.69) is 12.6 Å². The van der Waals surface area contributed by atoms with Crippen LogP contribution in [0.1, 0.15) is 39.9 Å². The first-order chi connectivity index (χ1) is 7.27. The Kier molecular flexibility index (Phi) is 1.72. The summed E-state index contributed by atoms with van der Waals surface area (Å²) in [6.45, 7) is 3.75. The maximum absolute atomic E-state index is 11.7. The van der Waals surface area contributed by atoms with Gasteiger partial charge in [0.05, 0.1) is 5.56 Å². The van der Waals surface area contributed by atoms with Crippen LogP contribution in [-0.4, -0.2) is 5.97 Å². The van der Waals surface area contributed by atoms with Gasteiger partial charge < -0.3 is 4.74 Å². The minimum atomic E-state index is -0.214. The summed E-state index contributed by atoms with van der Waals surface area (Å²) in [6.07, 6.45) is 4.48. The van der Waals surface area contributed by atoms with Gasteiger partial charge in [-0.05, 0) is 36.8 Å². The van der Waals surface area contributed by atoms with E-state index >= 15 is 0 Å². The predicted molar refractivity (Wildman–Crippen MR) is 57.5 cm³/mol. The second kappa shape index (κ2) is 2.96. The fourth-order valence-corrected chi connectivity index (χ4v) is 2.51. The Balaban J connectivity index is 2.27. The van der Waals surface area contributed by atoms with Gasteiger partial charge in [-0.25, -0.2) is 4.79 Å². The lowest BCUT2D eigenvalue weighted by molar-refractivity contribution is 0.0715. The summed E-state index contributed by atoms with van der Waals surface area (Å²) in [5.74, 6) is 0.289. The highest BCUT2D eigenvalue weighted by molar-refractivity contribution is 6.04. The van der Waals surface area contributed by atoms with E-state index in [-0.39, 0.29) is 5.97 Å². The van der Waals surface area contributed by atoms with E-state index in [0.717, 1.165) is 24.0 Å². The van der Waals surface area contributed by atoms with E-state index in [1.165, 1.54) is 24.0 Å². The predicted octanol–water partition coefficient (Wildman–Crippen LogP) is 2.71. The molecule has 3 rings (SSSR count). The van der Waals surface area contributed by atoms with Crippen molar-refractivity contribution in [1.29, 1.82) is 0 Å². The van der Waals surface area contributed by atoms with E-state index in [1.807, 2.05) is 6.07 Å². The van der Waals surface area contributed by atoms with Crippen LogP contribution in [0.5, 0.6) is 0 Å². The quantitative estimate of drug-likeness (QED) is 0.602. The average Bonchev–Trinajstić information content (AvgIpc) is 2.55. The van der Waals surface area contributed by atoms with Gasteiger partial charge in [-0.3, -0.25) is 0 Å². The van der Waals surface area contributed by atoms with Gasteiger partial charge in [0.15, 0.2) is 0 Å². The number of cyclic esters (lactones) is 1. The number of rotatable bonds is 0. The van der Waals surface area contributed by atoms with Crippen LogP contribution in [0.25, 0.3) is 5.76 Å². The van der Waals surface area contributed by atoms with E-state index in [9.17, 15) is 4.79 Å². The third-order valence-electron chi connectivity index (χ3n) is 3.25. The number of ether oxygens (including phenoxy) is 1. The SMILES string of the molecule is C=C1OC(=O)c2c1ccc1c2CCCC1. The molecule has 1 aliphatic heterocycles. The Morgan fingerprint density at radius 3 is 2.87 bits per heavy atom. The number of hydrogen-bond donors (Lipinski definition) is 0. The molecule has 0 amide bonds. The van der Waals surface area contributed by atoms with Crippen LogP contribution >= 0.6 is 0 Å². The number of carbonyl (C=O) groups excluding carboxylic acids is 1. The van der Waals surface area contributed by atoms with Crippen molar-refractivity contribution in [3.8, 4) is 0 Å². The zero-order valence-electron chi connectivity index (χ0n) is 8.51. The van der Waals surface area contributed by atoms with E-state index in [1.54, 1.807) is 0 Å². The van der Waals surface area contributed by atoms with Crippen molar-refractivity contribution < 1.29 is 9.53 Å². The van der Waals surface area contributed by atoms with Gasteiger partial charge >= 0.3 is 5.97 Å². The Morgan fingerprint density at radius 1 is 1.20 bits per heavy atom. The molecule has 2 heteroatoms. The maximum Gasteiger partial charge on any atom is 0.344 e. The van der Waals surface area contributed by atoms with E-state index in [4.69, 9.17) is 4.74 Å². The standard InChI is InChI=1S/C13H12O2/c1-8-10-7-6-9-4-2-3-5-11(9)12(10)13(14)15-8/h6-7H,1-5H2. The van der Waals surface area contributed by atoms with E-state index in [0.29, 0.717) is 5.76 Å². The monoisotopic (exact) mass is 200 g/mol. The Morgan fingerprint density at radius 2 is 2.00 bits per heavy atom. The molecule has 0 radical (unpaired) electrons. The molecule has 1 aromatic rings. The summed E-state index contributed by atoms with van der Waals surface area (Å²) in [5, 5.41) is 0. The van der Waals surface area contributed by atoms with Crippen molar-refractivity contribution in [3.63, 3.8) is 0 Å². The van der Waals surface area contributed by atoms with Gasteiger partial charge in [0.1, 0.15) is 5.76 Å². The number of carbonyl (C=O) groups is 1. The maximum atomic E-state index is 11.7. The second-order valence-corrected chi connectivity index (χ2v) is 4.15. The van der Waals surface area contributed by atoms with E-state index < -0.39 is 0 Å². The van der Waals surface area contributed by atoms with Gasteiger partial charge in [0.25, 0.3) is 0 Å². The number of aryl methyl sites for hydroxylation is 1. The highest BCUT2D eigenvalue weighted by Gasteiger charge is 2.30. The van der Waals surface area contributed by atoms with Crippen LogP contribution in [-0.2, 0) is 17.6 Å². The van der Waals surface area contributed by atoms with Crippen LogP contribution in [0.2, 0.25) is 0 Å². The molecule has 0 unspecified atom stereocenters. The van der Waals surface area contributed by atoms with Gasteiger partial charge in [-0.15, -0.1) is 0 Å². The molecule has 76 valence electrons. The van der Waals surface area contributed by atoms with Crippen LogP contribution in [0, 0.1) is 0 Å². The first kappa shape index (κ1) is 8.72. The number of benzene rings is 1. The third kappa shape index (κ3) is 1.14. The fourth-order valence-electron chi connectivity index (χ4n) is 2.51. The first-order valence-corrected chi connectivity index (χ1v) is 5.33. The van der Waals surface area contributed by atoms with Crippen molar-refractivity contribution in [3.05, 3.63) is 41.0 Å². The molecule has 0 bridgehead atoms. The van der Waals surface area contributed by atoms with Crippen molar-refractivity contribution in [2.75, 3.05) is 0 Å². The molecule has 0 aromatic heterocycles. The minimum absolute atomic E-state index is 0.214. The molecule has 0 N–H and O–H groups in total. The van der Waals surface area contributed by atoms with Crippen LogP contribution in [0.4, 0.5) is 0 Å². The molecular formula is C13H12O2. The van der Waals surface area contributed by atoms with Crippen molar-refractivity contribution in [1.82, 2.24) is 0 Å². The summed E-state index contributed by atoms with van der Waals surface area (Å²) < 4.78 is 5.06. The fraction of sp³-hybridized carbons (Fsp3) is 0.308. The average molecular weight is 200 g/mol. The highest BCUT2D eigenvalue weighted by atomic mass is 16.5. The highest BCUT2D eigenvalue weighted by Crippen LogP contribution is 2.35. The summed E-state index contributed by atoms with van der Waals surface area (Å²) in [5.41, 5.74) is 4.17. The van der Waals surface area contributed by atoms with Crippen molar-refractivity contribution in [2.45, 2.75) is 25.7 Å². The lowest BCUT2D eigenvalue weighted by Crippen LogP contribution is -2.09. The Labute approximate surface area is 88.6 Å². The molecule has 2 aliphatic rings. The molecule has 0 saturated heterocycles. The molecular weight excluding hydrogens is 188 g/mol. The third-order valence-corrected chi connectivity index (χ3v) is 3.25. The van der Waals surface area contributed by atoms with Gasteiger partial charge in [-0.2, -0.15) is 0 Å². The van der Waals surface area contributed by atoms with Crippen molar-refractivity contribution in [2.24, 2.45) is 0 Å². The molecule has 0 atom stereocenters. The number of hydrogen-bond acceptors (Lipinski definition) is 2. The Hall–Kier alpha value is -1.57. The van der Waals surface area contributed by atoms with Gasteiger partial charge in [0, 0.05) is 5.56 Å². The van der Waals surface area contributed by atoms with Gasteiger partial charge in [0.2, 0.25) is 0 Å². The molecule has 2 nitrogen and oxygen atoms in total. The number of fused-ring (bicyclic) bond motifs is 3. The smallest absolute Gasteiger partial charge is 0.344 e. The second-order valence-electron chi connectivity index (χ2n) is 4.15. The topological polar surface area (TPSA) is 26.3 Å². The summed E-state index contributed by atoms with van der Waals surface area (Å²) >= 11 is 0. The van der Waals surface area contributed by atoms with Crippen LogP contribution in [0.15, 0.2) is 18.7 Å². The normalized spacial score (nSPS) is 18.4. The molecule has 15 heavy (non-hydrogen) atoms. The molecule has 0 saturated carbocycles. The zero-order valence-corrected chi connectivity index (χ0v) is 8.51. The van der Waals surface area contributed by atoms with Gasteiger partial charge in [-0.1, -0.05) is 18.7 Å². The molecule has 1 aliphatic carbocycles. The lowest BCUT2D eigenvalue weighted by Gasteiger charge is -2.17. The Bertz CT molecular complexity index is 472. The first-order valence-electron chi connectivity index (χ1n) is 5.33. The number of esters is 1. The van der Waals surface area contributed by atoms with Crippen LogP contribution < -0.4 is 0 Å². The summed E-state index contributed by atoms with van der Waals surface area (Å²) in [7, 11) is 0. The zero-order chi connectivity index (χ0) is 10.4. The minimum Gasteiger partial charge on any atom is -0.423 e. The van der Waals surface area contributed by atoms with Crippen molar-refractivity contribution >= 4 is 11.7 Å². The van der Waals surface area contributed by atoms with Crippen LogP contribution in [0.3, 0.4) is 0 Å². The molecule has 0 spiro atoms. The molecule has 1 aromatic carbocycles. The summed E-state index contributed by atoms with van der Waals surface area (Å²) in [6, 6.07) is 4.08. The lowest BCUT2D eigenvalue weighted by atomic mass is 9.86. The molecule has 0 fully saturated rings. The molecule has 1 heterocycles. The summed E-state index contributed by atoms with van der Waals surface area (Å²) in [4.78, 5) is 11.7. The largest absolute Gasteiger partial charge is 0.423 e.